The minimum absolute atomic E-state index is 0. The summed E-state index contributed by atoms with van der Waals surface area (Å²) in [6.45, 7) is 3.57. The Kier molecular flexibility index (Phi) is 19.7. The van der Waals surface area contributed by atoms with E-state index < -0.39 is 48.9 Å². The second kappa shape index (κ2) is 22.3. The second-order valence-electron chi connectivity index (χ2n) is 14.8. The third-order valence-electron chi connectivity index (χ3n) is 10.4. The van der Waals surface area contributed by atoms with Gasteiger partial charge >= 0.3 is 29.0 Å². The SMILES string of the molecule is CC(C)(O)C1CCC(NS(=O)(=O)c2ccc(-c3ccc(F)cc3F)cc2)CC1.COC(=O)C1CCC(NS(=O)(=O)c2ccc(-c3ccc(F)cc3F)cc2)CC1.[Br-].[CH3-].[Mg+2]. The van der Waals surface area contributed by atoms with Crippen LogP contribution in [0.1, 0.15) is 65.2 Å². The van der Waals surface area contributed by atoms with Crippen molar-refractivity contribution in [2.75, 3.05) is 7.11 Å². The molecule has 6 rings (SSSR count). The molecule has 17 heteroatoms. The minimum atomic E-state index is -3.74. The number of nitrogens with one attached hydrogen (secondary N) is 2. The molecule has 0 heterocycles. The van der Waals surface area contributed by atoms with Gasteiger partial charge in [-0.2, -0.15) is 0 Å². The fourth-order valence-electron chi connectivity index (χ4n) is 7.18. The van der Waals surface area contributed by atoms with Crippen molar-refractivity contribution in [3.05, 3.63) is 116 Å². The molecule has 0 aromatic heterocycles. The normalized spacial score (nSPS) is 19.4. The smallest absolute Gasteiger partial charge is 1.00 e. The van der Waals surface area contributed by atoms with Gasteiger partial charge in [0.25, 0.3) is 0 Å². The Bertz CT molecular complexity index is 2210. The Morgan fingerprint density at radius 3 is 1.32 bits per heavy atom. The first-order valence-electron chi connectivity index (χ1n) is 18.3. The molecule has 2 aliphatic rings. The number of methoxy groups -OCH3 is 1. The molecule has 4 aromatic rings. The van der Waals surface area contributed by atoms with Crippen molar-refractivity contribution in [3.8, 4) is 22.3 Å². The van der Waals surface area contributed by atoms with E-state index in [9.17, 15) is 44.3 Å². The van der Waals surface area contributed by atoms with Crippen LogP contribution in [0.4, 0.5) is 17.6 Å². The summed E-state index contributed by atoms with van der Waals surface area (Å²) in [7, 11) is -6.09. The maximum atomic E-state index is 13.9. The number of aliphatic hydroxyl groups is 1. The van der Waals surface area contributed by atoms with E-state index in [-0.39, 0.29) is 98.3 Å². The maximum Gasteiger partial charge on any atom is 2.00 e. The molecule has 0 aliphatic heterocycles. The first-order valence-corrected chi connectivity index (χ1v) is 21.3. The average Bonchev–Trinajstić information content (AvgIpc) is 3.15. The zero-order valence-corrected chi connectivity index (χ0v) is 38.0. The molecule has 0 radical (unpaired) electrons. The van der Waals surface area contributed by atoms with Crippen molar-refractivity contribution in [1.29, 1.82) is 0 Å². The van der Waals surface area contributed by atoms with E-state index >= 15 is 0 Å². The quantitative estimate of drug-likeness (QED) is 0.0886. The van der Waals surface area contributed by atoms with Gasteiger partial charge in [0.2, 0.25) is 20.0 Å². The van der Waals surface area contributed by atoms with Gasteiger partial charge in [0.05, 0.1) is 28.4 Å². The summed E-state index contributed by atoms with van der Waals surface area (Å²) in [6.07, 6.45) is 5.12. The molecule has 0 bridgehead atoms. The Hall–Kier alpha value is -2.90. The monoisotopic (exact) mass is 936 g/mol. The molecule has 318 valence electrons. The van der Waals surface area contributed by atoms with Gasteiger partial charge in [0.15, 0.2) is 0 Å². The van der Waals surface area contributed by atoms with Crippen molar-refractivity contribution >= 4 is 49.1 Å². The van der Waals surface area contributed by atoms with E-state index in [1.165, 1.54) is 67.8 Å². The number of esters is 1. The molecule has 2 aliphatic carbocycles. The van der Waals surface area contributed by atoms with Gasteiger partial charge in [-0.15, -0.1) is 0 Å². The molecule has 0 atom stereocenters. The van der Waals surface area contributed by atoms with Crippen LogP contribution in [-0.4, -0.2) is 75.8 Å². The number of ether oxygens (including phenoxy) is 1. The molecule has 4 aromatic carbocycles. The molecule has 0 spiro atoms. The molecular weight excluding hydrogens is 889 g/mol. The van der Waals surface area contributed by atoms with Crippen molar-refractivity contribution in [3.63, 3.8) is 0 Å². The molecule has 3 N–H and O–H groups in total. The van der Waals surface area contributed by atoms with Crippen LogP contribution in [0, 0.1) is 42.5 Å². The summed E-state index contributed by atoms with van der Waals surface area (Å²) in [4.78, 5) is 11.7. The molecule has 2 fully saturated rings. The van der Waals surface area contributed by atoms with Crippen molar-refractivity contribution in [1.82, 2.24) is 9.44 Å². The van der Waals surface area contributed by atoms with Gasteiger partial charge < -0.3 is 34.3 Å². The molecule has 9 nitrogen and oxygen atoms in total. The first kappa shape index (κ1) is 52.2. The number of hydrogen-bond acceptors (Lipinski definition) is 7. The predicted molar refractivity (Wildman–Crippen MR) is 216 cm³/mol. The van der Waals surface area contributed by atoms with E-state index in [2.05, 4.69) is 9.44 Å². The molecular formula is C42H49BrF4MgN2O7S2. The third kappa shape index (κ3) is 14.1. The Morgan fingerprint density at radius 1 is 0.644 bits per heavy atom. The summed E-state index contributed by atoms with van der Waals surface area (Å²) in [6, 6.07) is 17.7. The summed E-state index contributed by atoms with van der Waals surface area (Å²) >= 11 is 0. The topological polar surface area (TPSA) is 139 Å². The Balaban J connectivity index is 0.000000387. The van der Waals surface area contributed by atoms with E-state index in [1.807, 2.05) is 0 Å². The van der Waals surface area contributed by atoms with Crippen LogP contribution in [0.15, 0.2) is 94.7 Å². The molecule has 2 saturated carbocycles. The molecule has 0 amide bonds. The van der Waals surface area contributed by atoms with Crippen molar-refractivity contribution < 1.29 is 66.0 Å². The van der Waals surface area contributed by atoms with Gasteiger partial charge in [-0.05, 0) is 131 Å². The van der Waals surface area contributed by atoms with E-state index in [1.54, 1.807) is 13.8 Å². The zero-order chi connectivity index (χ0) is 40.8. The van der Waals surface area contributed by atoms with E-state index in [0.717, 1.165) is 37.1 Å². The number of hydrogen-bond donors (Lipinski definition) is 3. The average molecular weight is 938 g/mol. The summed E-state index contributed by atoms with van der Waals surface area (Å²) in [5.74, 6) is -3.03. The van der Waals surface area contributed by atoms with Crippen LogP contribution >= 0.6 is 0 Å². The van der Waals surface area contributed by atoms with E-state index in [0.29, 0.717) is 49.7 Å². The third-order valence-corrected chi connectivity index (χ3v) is 13.5. The number of benzene rings is 4. The van der Waals surface area contributed by atoms with Crippen molar-refractivity contribution in [2.24, 2.45) is 11.8 Å². The number of sulfonamides is 2. The fraction of sp³-hybridized carbons (Fsp3) is 0.381. The van der Waals surface area contributed by atoms with Gasteiger partial charge in [0, 0.05) is 35.3 Å². The summed E-state index contributed by atoms with van der Waals surface area (Å²) in [5, 5.41) is 10.1. The Labute approximate surface area is 371 Å². The van der Waals surface area contributed by atoms with Gasteiger partial charge in [0.1, 0.15) is 23.3 Å². The van der Waals surface area contributed by atoms with Gasteiger partial charge in [-0.3, -0.25) is 4.79 Å². The minimum Gasteiger partial charge on any atom is -1.00 e. The Morgan fingerprint density at radius 2 is 1.00 bits per heavy atom. The standard InChI is InChI=1S/C21H25F2NO3S.C20H21F2NO4S.CH3.BrH.Mg/c1-21(2,25)15-5-8-17(9-6-15)24-28(26,27)18-10-3-14(4-11-18)19-12-7-16(22)13-20(19)23;1-27-20(24)14-2-7-16(8-3-14)23-28(25,26)17-9-4-13(5-10-17)18-11-6-15(21)12-19(18)22;;;/h3-4,7,10-13,15,17,24-25H,5-6,8-9H2,1-2H3;4-6,9-12,14,16,23H,2-3,7-8H2,1H3;1H3;1H;/q;;-1;;+2/p-1. The van der Waals surface area contributed by atoms with Gasteiger partial charge in [-0.25, -0.2) is 43.8 Å². The molecule has 0 unspecified atom stereocenters. The fourth-order valence-corrected chi connectivity index (χ4v) is 9.79. The summed E-state index contributed by atoms with van der Waals surface area (Å²) < 4.78 is 115. The number of carbonyl (C=O) groups is 1. The first-order chi connectivity index (χ1) is 26.4. The van der Waals surface area contributed by atoms with Crippen LogP contribution in [-0.2, 0) is 29.6 Å². The van der Waals surface area contributed by atoms with Crippen LogP contribution in [0.25, 0.3) is 22.3 Å². The van der Waals surface area contributed by atoms with Crippen LogP contribution in [0.5, 0.6) is 0 Å². The maximum absolute atomic E-state index is 13.9. The second-order valence-corrected chi connectivity index (χ2v) is 18.2. The predicted octanol–water partition coefficient (Wildman–Crippen LogP) is 4.96. The van der Waals surface area contributed by atoms with E-state index in [4.69, 9.17) is 4.74 Å². The van der Waals surface area contributed by atoms with Crippen LogP contribution in [0.3, 0.4) is 0 Å². The molecule has 0 saturated heterocycles. The van der Waals surface area contributed by atoms with Crippen molar-refractivity contribution in [2.45, 2.75) is 92.7 Å². The number of rotatable bonds is 10. The zero-order valence-electron chi connectivity index (χ0n) is 33.4. The summed E-state index contributed by atoms with van der Waals surface area (Å²) in [5.41, 5.74) is 0.579. The number of halogens is 5. The number of carbonyl (C=O) groups excluding carboxylic acids is 1. The van der Waals surface area contributed by atoms with Crippen LogP contribution in [0.2, 0.25) is 0 Å². The largest absolute Gasteiger partial charge is 2.00 e. The molecule has 59 heavy (non-hydrogen) atoms. The van der Waals surface area contributed by atoms with Gasteiger partial charge in [-0.1, -0.05) is 24.3 Å². The van der Waals surface area contributed by atoms with Crippen LogP contribution < -0.4 is 26.4 Å².